The maximum absolute atomic E-state index is 12.2. The van der Waals surface area contributed by atoms with Crippen LogP contribution in [0.1, 0.15) is 39.2 Å². The van der Waals surface area contributed by atoms with Gasteiger partial charge < -0.3 is 9.84 Å². The van der Waals surface area contributed by atoms with Gasteiger partial charge in [-0.2, -0.15) is 5.10 Å². The molecule has 0 saturated carbocycles. The van der Waals surface area contributed by atoms with Gasteiger partial charge in [0.1, 0.15) is 10.8 Å². The molecule has 0 saturated heterocycles. The molecular weight excluding hydrogens is 434 g/mol. The first-order valence-electron chi connectivity index (χ1n) is 8.31. The van der Waals surface area contributed by atoms with Gasteiger partial charge in [0.25, 0.3) is 0 Å². The summed E-state index contributed by atoms with van der Waals surface area (Å²) < 4.78 is 5.66. The van der Waals surface area contributed by atoms with Crippen molar-refractivity contribution >= 4 is 50.5 Å². The van der Waals surface area contributed by atoms with Crippen molar-refractivity contribution in [3.8, 4) is 5.75 Å². The van der Waals surface area contributed by atoms with Gasteiger partial charge in [-0.3, -0.25) is 5.32 Å². The lowest BCUT2D eigenvalue weighted by molar-refractivity contribution is 0.0601. The Hall–Kier alpha value is -2.39. The summed E-state index contributed by atoms with van der Waals surface area (Å²) in [4.78, 5) is 25.5. The number of halogens is 1. The van der Waals surface area contributed by atoms with Crippen molar-refractivity contribution in [3.63, 3.8) is 0 Å². The fourth-order valence-corrected chi connectivity index (χ4v) is 4.54. The predicted molar refractivity (Wildman–Crippen MR) is 108 cm³/mol. The molecule has 7 nitrogen and oxygen atoms in total. The van der Waals surface area contributed by atoms with Gasteiger partial charge in [-0.05, 0) is 49.4 Å². The Morgan fingerprint density at radius 3 is 2.89 bits per heavy atom. The topological polar surface area (TPSA) is 100 Å². The molecule has 1 heterocycles. The first-order chi connectivity index (χ1) is 13.0. The van der Waals surface area contributed by atoms with Crippen LogP contribution in [0.25, 0.3) is 0 Å². The third-order valence-electron chi connectivity index (χ3n) is 4.15. The van der Waals surface area contributed by atoms with E-state index in [-0.39, 0.29) is 5.75 Å². The van der Waals surface area contributed by atoms with Crippen LogP contribution < -0.4 is 10.7 Å². The zero-order valence-electron chi connectivity index (χ0n) is 14.5. The summed E-state index contributed by atoms with van der Waals surface area (Å²) in [5, 5.41) is 16.7. The fraction of sp³-hybridized carbons (Fsp3) is 0.278. The van der Waals surface area contributed by atoms with Crippen LogP contribution in [0, 0.1) is 0 Å². The number of carbonyl (C=O) groups is 2. The van der Waals surface area contributed by atoms with Gasteiger partial charge in [-0.25, -0.2) is 15.0 Å². The number of anilines is 1. The largest absolute Gasteiger partial charge is 0.507 e. The maximum atomic E-state index is 12.2. The Morgan fingerprint density at radius 2 is 2.11 bits per heavy atom. The highest BCUT2D eigenvalue weighted by atomic mass is 79.9. The Morgan fingerprint density at radius 1 is 1.33 bits per heavy atom. The number of carbonyl (C=O) groups excluding carboxylic acids is 2. The normalized spacial score (nSPS) is 13.3. The minimum Gasteiger partial charge on any atom is -0.507 e. The molecule has 1 aliphatic rings. The fourth-order valence-electron chi connectivity index (χ4n) is 2.89. The van der Waals surface area contributed by atoms with Crippen LogP contribution in [0.5, 0.6) is 5.75 Å². The number of fused-ring (bicyclic) bond motifs is 1. The molecule has 9 heteroatoms. The number of amides is 2. The molecule has 0 bridgehead atoms. The first kappa shape index (κ1) is 19.4. The molecule has 0 atom stereocenters. The van der Waals surface area contributed by atoms with E-state index in [9.17, 15) is 14.7 Å². The summed E-state index contributed by atoms with van der Waals surface area (Å²) in [6, 6.07) is 4.30. The third-order valence-corrected chi connectivity index (χ3v) is 5.85. The minimum absolute atomic E-state index is 0.0445. The number of esters is 1. The van der Waals surface area contributed by atoms with Crippen molar-refractivity contribution in [2.75, 3.05) is 12.4 Å². The highest BCUT2D eigenvalue weighted by Gasteiger charge is 2.26. The summed E-state index contributed by atoms with van der Waals surface area (Å²) in [5.74, 6) is -0.407. The van der Waals surface area contributed by atoms with Gasteiger partial charge in [-0.15, -0.1) is 11.3 Å². The molecule has 0 aliphatic heterocycles. The average molecular weight is 452 g/mol. The number of nitrogens with one attached hydrogen (secondary N) is 2. The van der Waals surface area contributed by atoms with E-state index < -0.39 is 12.0 Å². The number of methoxy groups -OCH3 is 1. The second-order valence-corrected chi connectivity index (χ2v) is 7.95. The number of aromatic hydroxyl groups is 1. The van der Waals surface area contributed by atoms with E-state index in [1.165, 1.54) is 30.7 Å². The van der Waals surface area contributed by atoms with Crippen LogP contribution in [-0.4, -0.2) is 30.4 Å². The third kappa shape index (κ3) is 4.48. The first-order valence-corrected chi connectivity index (χ1v) is 9.92. The molecule has 0 fully saturated rings. The SMILES string of the molecule is COC(=O)c1c(NC(=O)NN=Cc2cc(Br)ccc2O)sc2c1CCCC2. The summed E-state index contributed by atoms with van der Waals surface area (Å²) in [5.41, 5.74) is 4.19. The number of benzene rings is 1. The Labute approximate surface area is 168 Å². The van der Waals surface area contributed by atoms with Crippen LogP contribution in [-0.2, 0) is 17.6 Å². The van der Waals surface area contributed by atoms with Gasteiger partial charge in [-0.1, -0.05) is 15.9 Å². The van der Waals surface area contributed by atoms with Crippen molar-refractivity contribution in [1.29, 1.82) is 0 Å². The smallest absolute Gasteiger partial charge is 0.341 e. The van der Waals surface area contributed by atoms with E-state index >= 15 is 0 Å². The molecule has 27 heavy (non-hydrogen) atoms. The van der Waals surface area contributed by atoms with Crippen molar-refractivity contribution < 1.29 is 19.4 Å². The molecule has 1 aromatic carbocycles. The molecule has 3 N–H and O–H groups in total. The van der Waals surface area contributed by atoms with Crippen LogP contribution in [0.4, 0.5) is 9.80 Å². The number of hydrogen-bond donors (Lipinski definition) is 3. The zero-order chi connectivity index (χ0) is 19.4. The van der Waals surface area contributed by atoms with Gasteiger partial charge in [0.15, 0.2) is 0 Å². The number of aryl methyl sites for hydroxylation is 1. The summed E-state index contributed by atoms with van der Waals surface area (Å²) in [7, 11) is 1.33. The van der Waals surface area contributed by atoms with Crippen molar-refractivity contribution in [2.24, 2.45) is 5.10 Å². The van der Waals surface area contributed by atoms with Gasteiger partial charge in [0.05, 0.1) is 18.9 Å². The summed E-state index contributed by atoms with van der Waals surface area (Å²) in [6.07, 6.45) is 5.12. The zero-order valence-corrected chi connectivity index (χ0v) is 16.9. The van der Waals surface area contributed by atoms with Crippen LogP contribution in [0.2, 0.25) is 0 Å². The monoisotopic (exact) mass is 451 g/mol. The van der Waals surface area contributed by atoms with Gasteiger partial charge in [0, 0.05) is 14.9 Å². The number of nitrogens with zero attached hydrogens (tertiary/aromatic N) is 1. The Kier molecular flexibility index (Phi) is 6.12. The minimum atomic E-state index is -0.579. The molecule has 142 valence electrons. The average Bonchev–Trinajstić information content (AvgIpc) is 3.01. The van der Waals surface area contributed by atoms with Crippen LogP contribution in [0.15, 0.2) is 27.8 Å². The quantitative estimate of drug-likeness (QED) is 0.371. The molecule has 0 radical (unpaired) electrons. The number of thiophene rings is 1. The lowest BCUT2D eigenvalue weighted by Crippen LogP contribution is -2.24. The molecule has 1 aromatic heterocycles. The van der Waals surface area contributed by atoms with E-state index in [0.29, 0.717) is 16.1 Å². The number of urea groups is 1. The predicted octanol–water partition coefficient (Wildman–Crippen LogP) is 4.04. The number of phenolic OH excluding ortho intramolecular Hbond substituents is 1. The number of rotatable bonds is 4. The summed E-state index contributed by atoms with van der Waals surface area (Å²) >= 11 is 4.70. The molecule has 2 aromatic rings. The van der Waals surface area contributed by atoms with Crippen LogP contribution >= 0.6 is 27.3 Å². The highest BCUT2D eigenvalue weighted by molar-refractivity contribution is 9.10. The molecule has 0 unspecified atom stereocenters. The molecule has 0 spiro atoms. The van der Waals surface area contributed by atoms with E-state index in [4.69, 9.17) is 4.74 Å². The van der Waals surface area contributed by atoms with E-state index in [1.807, 2.05) is 0 Å². The lowest BCUT2D eigenvalue weighted by atomic mass is 9.95. The van der Waals surface area contributed by atoms with E-state index in [0.717, 1.165) is 40.6 Å². The number of hydrazone groups is 1. The standard InChI is InChI=1S/C18H18BrN3O4S/c1-26-17(24)15-12-4-2-3-5-14(12)27-16(15)21-18(25)22-20-9-10-8-11(19)6-7-13(10)23/h6-9,23H,2-5H2,1H3,(H2,21,22,25). The number of ether oxygens (including phenoxy) is 1. The second kappa shape index (κ2) is 8.53. The van der Waals surface area contributed by atoms with Gasteiger partial charge in [0.2, 0.25) is 0 Å². The van der Waals surface area contributed by atoms with E-state index in [1.54, 1.807) is 12.1 Å². The molecule has 3 rings (SSSR count). The number of phenols is 1. The Balaban J connectivity index is 1.72. The van der Waals surface area contributed by atoms with E-state index in [2.05, 4.69) is 31.8 Å². The number of hydrogen-bond acceptors (Lipinski definition) is 6. The second-order valence-electron chi connectivity index (χ2n) is 5.93. The molecular formula is C18H18BrN3O4S. The Bertz CT molecular complexity index is 910. The highest BCUT2D eigenvalue weighted by Crippen LogP contribution is 2.38. The van der Waals surface area contributed by atoms with Crippen LogP contribution in [0.3, 0.4) is 0 Å². The van der Waals surface area contributed by atoms with Crippen molar-refractivity contribution in [3.05, 3.63) is 44.2 Å². The molecule has 2 amide bonds. The van der Waals surface area contributed by atoms with Gasteiger partial charge >= 0.3 is 12.0 Å². The lowest BCUT2D eigenvalue weighted by Gasteiger charge is -2.11. The van der Waals surface area contributed by atoms with Crippen molar-refractivity contribution in [1.82, 2.24) is 5.43 Å². The maximum Gasteiger partial charge on any atom is 0.341 e. The van der Waals surface area contributed by atoms with Crippen molar-refractivity contribution in [2.45, 2.75) is 25.7 Å². The molecule has 1 aliphatic carbocycles. The summed E-state index contributed by atoms with van der Waals surface area (Å²) in [6.45, 7) is 0.